The van der Waals surface area contributed by atoms with E-state index in [-0.39, 0.29) is 11.6 Å². The van der Waals surface area contributed by atoms with Gasteiger partial charge in [-0.3, -0.25) is 4.79 Å². The second kappa shape index (κ2) is 5.10. The molecule has 0 N–H and O–H groups in total. The summed E-state index contributed by atoms with van der Waals surface area (Å²) in [5.74, 6) is -0.511. The zero-order chi connectivity index (χ0) is 12.4. The van der Waals surface area contributed by atoms with Crippen LogP contribution in [0.15, 0.2) is 51.4 Å². The molecule has 0 radical (unpaired) electrons. The lowest BCUT2D eigenvalue weighted by molar-refractivity contribution is 0.103. The van der Waals surface area contributed by atoms with Crippen molar-refractivity contribution in [3.63, 3.8) is 0 Å². The number of rotatable bonds is 2. The molecule has 0 amide bonds. The van der Waals surface area contributed by atoms with Gasteiger partial charge in [0.1, 0.15) is 5.82 Å². The highest BCUT2D eigenvalue weighted by Crippen LogP contribution is 2.20. The van der Waals surface area contributed by atoms with Gasteiger partial charge in [-0.05, 0) is 46.3 Å². The topological polar surface area (TPSA) is 17.1 Å². The molecule has 0 atom stereocenters. The maximum absolute atomic E-state index is 13.1. The summed E-state index contributed by atoms with van der Waals surface area (Å²) >= 11 is 6.37. The molecular weight excluding hydrogens is 351 g/mol. The predicted molar refractivity (Wildman–Crippen MR) is 71.7 cm³/mol. The molecule has 17 heavy (non-hydrogen) atoms. The average molecular weight is 358 g/mol. The summed E-state index contributed by atoms with van der Waals surface area (Å²) in [5, 5.41) is 0. The largest absolute Gasteiger partial charge is 0.289 e. The molecule has 0 saturated carbocycles. The first-order valence-electron chi connectivity index (χ1n) is 4.83. The van der Waals surface area contributed by atoms with E-state index in [1.165, 1.54) is 18.2 Å². The van der Waals surface area contributed by atoms with Crippen molar-refractivity contribution in [1.29, 1.82) is 0 Å². The minimum absolute atomic E-state index is 0.132. The molecule has 0 aliphatic heterocycles. The van der Waals surface area contributed by atoms with Crippen molar-refractivity contribution in [1.82, 2.24) is 0 Å². The van der Waals surface area contributed by atoms with Gasteiger partial charge in [0.2, 0.25) is 0 Å². The van der Waals surface area contributed by atoms with Gasteiger partial charge in [0.25, 0.3) is 0 Å². The highest BCUT2D eigenvalue weighted by molar-refractivity contribution is 9.10. The van der Waals surface area contributed by atoms with Gasteiger partial charge in [0, 0.05) is 15.6 Å². The molecule has 2 rings (SSSR count). The molecule has 0 fully saturated rings. The molecule has 0 aliphatic rings. The van der Waals surface area contributed by atoms with Crippen LogP contribution in [0.1, 0.15) is 15.9 Å². The lowest BCUT2D eigenvalue weighted by Gasteiger charge is -2.03. The van der Waals surface area contributed by atoms with E-state index in [1.54, 1.807) is 18.2 Å². The zero-order valence-corrected chi connectivity index (χ0v) is 11.8. The van der Waals surface area contributed by atoms with Crippen LogP contribution in [-0.2, 0) is 0 Å². The van der Waals surface area contributed by atoms with E-state index in [0.29, 0.717) is 15.6 Å². The summed E-state index contributed by atoms with van der Waals surface area (Å²) < 4.78 is 14.2. The lowest BCUT2D eigenvalue weighted by atomic mass is 10.0. The highest BCUT2D eigenvalue weighted by Gasteiger charge is 2.11. The quantitative estimate of drug-likeness (QED) is 0.719. The first-order chi connectivity index (χ1) is 8.08. The third kappa shape index (κ3) is 2.82. The van der Waals surface area contributed by atoms with E-state index in [1.807, 2.05) is 6.07 Å². The molecule has 0 bridgehead atoms. The molecule has 2 aromatic carbocycles. The fourth-order valence-corrected chi connectivity index (χ4v) is 2.21. The molecule has 0 aliphatic carbocycles. The van der Waals surface area contributed by atoms with Gasteiger partial charge < -0.3 is 0 Å². The molecule has 0 unspecified atom stereocenters. The summed E-state index contributed by atoms with van der Waals surface area (Å²) in [5.41, 5.74) is 1.02. The minimum atomic E-state index is -0.379. The highest BCUT2D eigenvalue weighted by atomic mass is 79.9. The Balaban J connectivity index is 2.40. The van der Waals surface area contributed by atoms with Crippen molar-refractivity contribution in [3.8, 4) is 0 Å². The van der Waals surface area contributed by atoms with Gasteiger partial charge in [-0.2, -0.15) is 0 Å². The molecule has 1 nitrogen and oxygen atoms in total. The van der Waals surface area contributed by atoms with Crippen molar-refractivity contribution in [2.75, 3.05) is 0 Å². The Kier molecular flexibility index (Phi) is 3.74. The fraction of sp³-hybridized carbons (Fsp3) is 0. The number of benzene rings is 2. The van der Waals surface area contributed by atoms with E-state index < -0.39 is 0 Å². The summed E-state index contributed by atoms with van der Waals surface area (Å²) in [4.78, 5) is 12.1. The fourth-order valence-electron chi connectivity index (χ4n) is 1.43. The summed E-state index contributed by atoms with van der Waals surface area (Å²) in [7, 11) is 0. The first kappa shape index (κ1) is 12.5. The summed E-state index contributed by atoms with van der Waals surface area (Å²) in [6.07, 6.45) is 0. The Labute approximate surface area is 115 Å². The van der Waals surface area contributed by atoms with Crippen LogP contribution in [0, 0.1) is 5.82 Å². The molecule has 0 aromatic heterocycles. The van der Waals surface area contributed by atoms with Crippen LogP contribution >= 0.6 is 31.9 Å². The van der Waals surface area contributed by atoms with Gasteiger partial charge in [0.15, 0.2) is 5.78 Å². The third-order valence-electron chi connectivity index (χ3n) is 2.27. The van der Waals surface area contributed by atoms with Crippen molar-refractivity contribution >= 4 is 37.6 Å². The average Bonchev–Trinajstić information content (AvgIpc) is 2.32. The van der Waals surface area contributed by atoms with Gasteiger partial charge in [0.05, 0.1) is 4.47 Å². The maximum atomic E-state index is 13.1. The van der Waals surface area contributed by atoms with Crippen LogP contribution in [0.4, 0.5) is 4.39 Å². The van der Waals surface area contributed by atoms with E-state index in [9.17, 15) is 9.18 Å². The maximum Gasteiger partial charge on any atom is 0.193 e. The molecule has 0 heterocycles. The van der Waals surface area contributed by atoms with Crippen molar-refractivity contribution < 1.29 is 9.18 Å². The van der Waals surface area contributed by atoms with Crippen LogP contribution in [0.25, 0.3) is 0 Å². The minimum Gasteiger partial charge on any atom is -0.289 e. The number of hydrogen-bond donors (Lipinski definition) is 0. The molecule has 86 valence electrons. The summed E-state index contributed by atoms with van der Waals surface area (Å²) in [6.45, 7) is 0. The normalized spacial score (nSPS) is 10.3. The standard InChI is InChI=1S/C13H7Br2FO/c14-10-3-1-2-8(6-10)13(17)9-4-5-12(16)11(15)7-9/h1-7H. The predicted octanol–water partition coefficient (Wildman–Crippen LogP) is 4.58. The van der Waals surface area contributed by atoms with Crippen LogP contribution < -0.4 is 0 Å². The Hall–Kier alpha value is -1.00. The Morgan fingerprint density at radius 3 is 2.35 bits per heavy atom. The van der Waals surface area contributed by atoms with Gasteiger partial charge in [-0.1, -0.05) is 28.1 Å². The van der Waals surface area contributed by atoms with E-state index in [4.69, 9.17) is 0 Å². The Morgan fingerprint density at radius 2 is 1.71 bits per heavy atom. The van der Waals surface area contributed by atoms with Gasteiger partial charge >= 0.3 is 0 Å². The van der Waals surface area contributed by atoms with Crippen molar-refractivity contribution in [2.24, 2.45) is 0 Å². The smallest absolute Gasteiger partial charge is 0.193 e. The third-order valence-corrected chi connectivity index (χ3v) is 3.37. The number of carbonyl (C=O) groups excluding carboxylic acids is 1. The van der Waals surface area contributed by atoms with Crippen LogP contribution in [0.5, 0.6) is 0 Å². The van der Waals surface area contributed by atoms with Crippen LogP contribution in [0.2, 0.25) is 0 Å². The molecule has 0 spiro atoms. The van der Waals surface area contributed by atoms with Gasteiger partial charge in [-0.15, -0.1) is 0 Å². The van der Waals surface area contributed by atoms with E-state index in [2.05, 4.69) is 31.9 Å². The van der Waals surface area contributed by atoms with Crippen molar-refractivity contribution in [2.45, 2.75) is 0 Å². The zero-order valence-electron chi connectivity index (χ0n) is 8.58. The lowest BCUT2D eigenvalue weighted by Crippen LogP contribution is -2.01. The van der Waals surface area contributed by atoms with Crippen LogP contribution in [0.3, 0.4) is 0 Å². The second-order valence-corrected chi connectivity index (χ2v) is 5.24. The Morgan fingerprint density at radius 1 is 1.00 bits per heavy atom. The number of hydrogen-bond acceptors (Lipinski definition) is 1. The van der Waals surface area contributed by atoms with Crippen LogP contribution in [-0.4, -0.2) is 5.78 Å². The SMILES string of the molecule is O=C(c1cccc(Br)c1)c1ccc(F)c(Br)c1. The molecular formula is C13H7Br2FO. The molecule has 4 heteroatoms. The first-order valence-corrected chi connectivity index (χ1v) is 6.42. The Bertz CT molecular complexity index is 581. The molecule has 0 saturated heterocycles. The van der Waals surface area contributed by atoms with Crippen molar-refractivity contribution in [3.05, 3.63) is 68.4 Å². The summed E-state index contributed by atoms with van der Waals surface area (Å²) in [6, 6.07) is 11.3. The van der Waals surface area contributed by atoms with E-state index >= 15 is 0 Å². The molecule has 2 aromatic rings. The monoisotopic (exact) mass is 356 g/mol. The number of carbonyl (C=O) groups is 1. The second-order valence-electron chi connectivity index (χ2n) is 3.47. The number of halogens is 3. The number of ketones is 1. The van der Waals surface area contributed by atoms with Gasteiger partial charge in [-0.25, -0.2) is 4.39 Å². The van der Waals surface area contributed by atoms with E-state index in [0.717, 1.165) is 4.47 Å².